The lowest BCUT2D eigenvalue weighted by atomic mass is 10.1. The smallest absolute Gasteiger partial charge is 0.261 e. The summed E-state index contributed by atoms with van der Waals surface area (Å²) in [6, 6.07) is 21.6. The highest BCUT2D eigenvalue weighted by Crippen LogP contribution is 2.37. The molecule has 0 aliphatic carbocycles. The third kappa shape index (κ3) is 6.64. The zero-order valence-corrected chi connectivity index (χ0v) is 20.9. The van der Waals surface area contributed by atoms with E-state index in [1.165, 1.54) is 15.9 Å². The van der Waals surface area contributed by atoms with Crippen molar-refractivity contribution in [2.24, 2.45) is 5.92 Å². The van der Waals surface area contributed by atoms with Crippen LogP contribution in [-0.4, -0.2) is 26.6 Å². The molecule has 2 aromatic carbocycles. The average Bonchev–Trinajstić information content (AvgIpc) is 2.73. The van der Waals surface area contributed by atoms with Crippen molar-refractivity contribution in [3.8, 4) is 0 Å². The molecule has 2 rings (SSSR count). The highest BCUT2D eigenvalue weighted by atomic mass is 28.4. The number of rotatable bonds is 9. The molecule has 0 radical (unpaired) electrons. The van der Waals surface area contributed by atoms with Gasteiger partial charge in [0.1, 0.15) is 0 Å². The Kier molecular flexibility index (Phi) is 9.24. The fraction of sp³-hybridized carbons (Fsp3) is 0.357. The first-order valence-corrected chi connectivity index (χ1v) is 13.0. The summed E-state index contributed by atoms with van der Waals surface area (Å²) in [5.74, 6) is 0.285. The third-order valence-electron chi connectivity index (χ3n) is 5.47. The van der Waals surface area contributed by atoms with Crippen LogP contribution in [0.25, 0.3) is 0 Å². The number of aliphatic hydroxyl groups is 1. The molecule has 31 heavy (non-hydrogen) atoms. The molecule has 0 aliphatic heterocycles. The monoisotopic (exact) mass is 434 g/mol. The Bertz CT molecular complexity index is 850. The minimum atomic E-state index is -2.50. The van der Waals surface area contributed by atoms with Gasteiger partial charge < -0.3 is 9.53 Å². The van der Waals surface area contributed by atoms with Crippen LogP contribution in [0.1, 0.15) is 41.5 Å². The van der Waals surface area contributed by atoms with E-state index in [4.69, 9.17) is 9.53 Å². The van der Waals surface area contributed by atoms with Crippen LogP contribution in [0.15, 0.2) is 96.1 Å². The van der Waals surface area contributed by atoms with Crippen molar-refractivity contribution in [1.82, 2.24) is 0 Å². The standard InChI is InChI=1S/C28H38O2Si/c1-23(14-13-19-29)20-24(2)21-25(3)22-30-31(28(4,5)6,26-15-9-7-10-16-26)27-17-11-8-12-18-27/h7-18,20-21,25,29H,19,22H2,1-6H3/b14-13+,23-20-,24-21-/t25-/m0/s1. The molecule has 3 heteroatoms. The predicted octanol–water partition coefficient (Wildman–Crippen LogP) is 5.64. The summed E-state index contributed by atoms with van der Waals surface area (Å²) in [6.45, 7) is 14.1. The number of hydrogen-bond donors (Lipinski definition) is 1. The Hall–Kier alpha value is -2.20. The van der Waals surface area contributed by atoms with E-state index in [9.17, 15) is 0 Å². The van der Waals surface area contributed by atoms with Gasteiger partial charge in [-0.25, -0.2) is 0 Å². The second kappa shape index (κ2) is 11.4. The fourth-order valence-corrected chi connectivity index (χ4v) is 8.88. The molecule has 166 valence electrons. The topological polar surface area (TPSA) is 29.5 Å². The van der Waals surface area contributed by atoms with Crippen LogP contribution in [0.4, 0.5) is 0 Å². The van der Waals surface area contributed by atoms with E-state index in [1.807, 2.05) is 13.0 Å². The van der Waals surface area contributed by atoms with Crippen LogP contribution in [0, 0.1) is 5.92 Å². The zero-order valence-electron chi connectivity index (χ0n) is 19.9. The van der Waals surface area contributed by atoms with Crippen molar-refractivity contribution in [3.63, 3.8) is 0 Å². The van der Waals surface area contributed by atoms with Crippen LogP contribution < -0.4 is 10.4 Å². The molecule has 0 aliphatic rings. The van der Waals surface area contributed by atoms with E-state index in [-0.39, 0.29) is 17.6 Å². The van der Waals surface area contributed by atoms with Gasteiger partial charge in [-0.05, 0) is 35.2 Å². The lowest BCUT2D eigenvalue weighted by Crippen LogP contribution is -2.66. The van der Waals surface area contributed by atoms with E-state index in [0.717, 1.165) is 5.57 Å². The SMILES string of the molecule is CC(=C/[C@H](C)CO[Si](c1ccccc1)(c1ccccc1)C(C)(C)C)/C=C(C)\C=C\CO. The summed E-state index contributed by atoms with van der Waals surface area (Å²) in [6.07, 6.45) is 8.12. The number of hydrogen-bond acceptors (Lipinski definition) is 2. The van der Waals surface area contributed by atoms with Gasteiger partial charge in [-0.1, -0.05) is 124 Å². The van der Waals surface area contributed by atoms with E-state index in [1.54, 1.807) is 6.08 Å². The predicted molar refractivity (Wildman–Crippen MR) is 136 cm³/mol. The van der Waals surface area contributed by atoms with Gasteiger partial charge in [0.2, 0.25) is 0 Å². The van der Waals surface area contributed by atoms with E-state index in [2.05, 4.69) is 107 Å². The van der Waals surface area contributed by atoms with Gasteiger partial charge in [0, 0.05) is 6.61 Å². The van der Waals surface area contributed by atoms with Crippen molar-refractivity contribution in [2.45, 2.75) is 46.6 Å². The zero-order chi connectivity index (χ0) is 22.9. The molecule has 0 fully saturated rings. The number of allylic oxidation sites excluding steroid dienone is 4. The first-order chi connectivity index (χ1) is 14.7. The van der Waals surface area contributed by atoms with Crippen LogP contribution in [-0.2, 0) is 4.43 Å². The van der Waals surface area contributed by atoms with Gasteiger partial charge >= 0.3 is 0 Å². The maximum absolute atomic E-state index is 8.95. The first-order valence-electron chi connectivity index (χ1n) is 11.1. The molecule has 2 aromatic rings. The summed E-state index contributed by atoms with van der Waals surface area (Å²) in [4.78, 5) is 0. The Balaban J connectivity index is 2.37. The van der Waals surface area contributed by atoms with E-state index < -0.39 is 8.32 Å². The van der Waals surface area contributed by atoms with Crippen LogP contribution in [0.5, 0.6) is 0 Å². The minimum Gasteiger partial charge on any atom is -0.407 e. The van der Waals surface area contributed by atoms with Gasteiger partial charge in [0.15, 0.2) is 0 Å². The minimum absolute atomic E-state index is 0.0141. The van der Waals surface area contributed by atoms with Crippen molar-refractivity contribution in [2.75, 3.05) is 13.2 Å². The van der Waals surface area contributed by atoms with Crippen molar-refractivity contribution in [3.05, 3.63) is 96.1 Å². The molecule has 2 nitrogen and oxygen atoms in total. The molecular formula is C28H38O2Si. The van der Waals surface area contributed by atoms with Crippen LogP contribution in [0.2, 0.25) is 5.04 Å². The number of aliphatic hydroxyl groups excluding tert-OH is 1. The fourth-order valence-electron chi connectivity index (χ4n) is 4.21. The molecule has 0 aromatic heterocycles. The largest absolute Gasteiger partial charge is 0.407 e. The van der Waals surface area contributed by atoms with E-state index in [0.29, 0.717) is 6.61 Å². The Morgan fingerprint density at radius 3 is 1.90 bits per heavy atom. The maximum atomic E-state index is 8.95. The quantitative estimate of drug-likeness (QED) is 0.409. The van der Waals surface area contributed by atoms with Crippen molar-refractivity contribution < 1.29 is 9.53 Å². The highest BCUT2D eigenvalue weighted by Gasteiger charge is 2.50. The first kappa shape index (κ1) is 25.1. The normalized spacial score (nSPS) is 14.8. The van der Waals surface area contributed by atoms with Gasteiger partial charge in [0.25, 0.3) is 8.32 Å². The molecule has 0 saturated carbocycles. The third-order valence-corrected chi connectivity index (χ3v) is 10.5. The van der Waals surface area contributed by atoms with E-state index >= 15 is 0 Å². The Labute approximate surface area is 190 Å². The molecule has 0 spiro atoms. The molecule has 1 N–H and O–H groups in total. The Morgan fingerprint density at radius 2 is 1.45 bits per heavy atom. The Morgan fingerprint density at radius 1 is 0.935 bits per heavy atom. The highest BCUT2D eigenvalue weighted by molar-refractivity contribution is 6.99. The molecule has 1 atom stereocenters. The molecular weight excluding hydrogens is 396 g/mol. The second-order valence-electron chi connectivity index (χ2n) is 9.34. The summed E-state index contributed by atoms with van der Waals surface area (Å²) in [7, 11) is -2.50. The van der Waals surface area contributed by atoms with Gasteiger partial charge in [-0.15, -0.1) is 0 Å². The lowest BCUT2D eigenvalue weighted by molar-refractivity contribution is 0.267. The maximum Gasteiger partial charge on any atom is 0.261 e. The average molecular weight is 435 g/mol. The molecule has 0 amide bonds. The molecule has 0 bridgehead atoms. The molecule has 0 heterocycles. The molecule has 0 unspecified atom stereocenters. The summed E-state index contributed by atoms with van der Waals surface area (Å²) in [5, 5.41) is 11.6. The summed E-state index contributed by atoms with van der Waals surface area (Å²) in [5.41, 5.74) is 2.33. The van der Waals surface area contributed by atoms with Gasteiger partial charge in [0.05, 0.1) is 6.61 Å². The summed E-state index contributed by atoms with van der Waals surface area (Å²) < 4.78 is 7.03. The van der Waals surface area contributed by atoms with Crippen LogP contribution in [0.3, 0.4) is 0 Å². The van der Waals surface area contributed by atoms with Crippen LogP contribution >= 0.6 is 0 Å². The van der Waals surface area contributed by atoms with Crippen molar-refractivity contribution in [1.29, 1.82) is 0 Å². The summed E-state index contributed by atoms with van der Waals surface area (Å²) >= 11 is 0. The number of benzene rings is 2. The lowest BCUT2D eigenvalue weighted by Gasteiger charge is -2.43. The molecule has 0 saturated heterocycles. The second-order valence-corrected chi connectivity index (χ2v) is 13.6. The van der Waals surface area contributed by atoms with Gasteiger partial charge in [-0.2, -0.15) is 0 Å². The van der Waals surface area contributed by atoms with Gasteiger partial charge in [-0.3, -0.25) is 0 Å². The van der Waals surface area contributed by atoms with Crippen molar-refractivity contribution >= 4 is 18.7 Å².